The lowest BCUT2D eigenvalue weighted by molar-refractivity contribution is 0.0702. The SMILES string of the molecule is O=C(O)c1sc(-c2ccccc2)cc1N(C(=O)c1ccc(Cl)cc1Cl)C1CCCN(C(=O)O)C1. The number of hydrogen-bond acceptors (Lipinski definition) is 4. The molecule has 1 saturated heterocycles. The first kappa shape index (κ1) is 24.1. The Labute approximate surface area is 209 Å². The van der Waals surface area contributed by atoms with Crippen molar-refractivity contribution in [1.82, 2.24) is 4.90 Å². The van der Waals surface area contributed by atoms with Crippen molar-refractivity contribution in [2.75, 3.05) is 18.0 Å². The lowest BCUT2D eigenvalue weighted by Crippen LogP contribution is -2.52. The predicted octanol–water partition coefficient (Wildman–Crippen LogP) is 6.21. The van der Waals surface area contributed by atoms with Crippen LogP contribution in [-0.4, -0.2) is 52.2 Å². The van der Waals surface area contributed by atoms with E-state index >= 15 is 0 Å². The van der Waals surface area contributed by atoms with E-state index in [2.05, 4.69) is 0 Å². The Hall–Kier alpha value is -3.07. The summed E-state index contributed by atoms with van der Waals surface area (Å²) in [7, 11) is 0. The second-order valence-electron chi connectivity index (χ2n) is 7.82. The largest absolute Gasteiger partial charge is 0.477 e. The highest BCUT2D eigenvalue weighted by atomic mass is 35.5. The molecule has 1 aliphatic heterocycles. The molecule has 10 heteroatoms. The number of likely N-dealkylation sites (tertiary alicyclic amines) is 1. The minimum atomic E-state index is -1.17. The second kappa shape index (κ2) is 10.0. The Morgan fingerprint density at radius 2 is 1.76 bits per heavy atom. The van der Waals surface area contributed by atoms with Gasteiger partial charge in [0.25, 0.3) is 5.91 Å². The molecule has 1 aliphatic rings. The molecular formula is C24H20Cl2N2O5S. The molecule has 1 fully saturated rings. The average molecular weight is 519 g/mol. The summed E-state index contributed by atoms with van der Waals surface area (Å²) in [4.78, 5) is 41.0. The molecule has 2 aromatic carbocycles. The summed E-state index contributed by atoms with van der Waals surface area (Å²) in [5, 5.41) is 20.0. The first-order valence-electron chi connectivity index (χ1n) is 10.4. The van der Waals surface area contributed by atoms with Crippen LogP contribution >= 0.6 is 34.5 Å². The number of nitrogens with zero attached hydrogens (tertiary/aromatic N) is 2. The standard InChI is InChI=1S/C24H20Cl2N2O5S/c25-15-8-9-17(18(26)11-15)22(29)28(16-7-4-10-27(13-16)24(32)33)19-12-20(34-21(19)23(30)31)14-5-2-1-3-6-14/h1-3,5-6,8-9,11-12,16H,4,7,10,13H2,(H,30,31)(H,32,33). The summed E-state index contributed by atoms with van der Waals surface area (Å²) in [6, 6.07) is 14.8. The minimum absolute atomic E-state index is 0.00950. The summed E-state index contributed by atoms with van der Waals surface area (Å²) in [6.07, 6.45) is -0.0425. The number of piperidine rings is 1. The van der Waals surface area contributed by atoms with Gasteiger partial charge in [-0.15, -0.1) is 11.3 Å². The molecule has 34 heavy (non-hydrogen) atoms. The maximum Gasteiger partial charge on any atom is 0.407 e. The number of amides is 2. The molecular weight excluding hydrogens is 499 g/mol. The van der Waals surface area contributed by atoms with Gasteiger partial charge in [-0.05, 0) is 42.7 Å². The van der Waals surface area contributed by atoms with E-state index < -0.39 is 24.0 Å². The van der Waals surface area contributed by atoms with Crippen LogP contribution < -0.4 is 4.90 Å². The van der Waals surface area contributed by atoms with Crippen LogP contribution in [0.15, 0.2) is 54.6 Å². The van der Waals surface area contributed by atoms with Crippen LogP contribution in [0.5, 0.6) is 0 Å². The monoisotopic (exact) mass is 518 g/mol. The predicted molar refractivity (Wildman–Crippen MR) is 133 cm³/mol. The third kappa shape index (κ3) is 4.89. The Morgan fingerprint density at radius 1 is 1.03 bits per heavy atom. The molecule has 2 amide bonds. The second-order valence-corrected chi connectivity index (χ2v) is 9.72. The van der Waals surface area contributed by atoms with Crippen molar-refractivity contribution < 1.29 is 24.6 Å². The number of halogens is 2. The normalized spacial score (nSPS) is 15.7. The number of benzene rings is 2. The quantitative estimate of drug-likeness (QED) is 0.418. The van der Waals surface area contributed by atoms with Crippen molar-refractivity contribution in [3.05, 3.63) is 75.1 Å². The first-order chi connectivity index (χ1) is 16.3. The molecule has 0 saturated carbocycles. The van der Waals surface area contributed by atoms with Crippen LogP contribution in [0.25, 0.3) is 10.4 Å². The molecule has 4 rings (SSSR count). The highest BCUT2D eigenvalue weighted by Gasteiger charge is 2.36. The van der Waals surface area contributed by atoms with Gasteiger partial charge in [0.05, 0.1) is 22.3 Å². The summed E-state index contributed by atoms with van der Waals surface area (Å²) in [5.74, 6) is -1.69. The molecule has 2 heterocycles. The average Bonchev–Trinajstić information content (AvgIpc) is 3.25. The van der Waals surface area contributed by atoms with Crippen LogP contribution in [0.3, 0.4) is 0 Å². The van der Waals surface area contributed by atoms with Gasteiger partial charge in [0.1, 0.15) is 4.88 Å². The van der Waals surface area contributed by atoms with Crippen LogP contribution in [0, 0.1) is 0 Å². The molecule has 3 aromatic rings. The first-order valence-corrected chi connectivity index (χ1v) is 12.0. The molecule has 0 bridgehead atoms. The fraction of sp³-hybridized carbons (Fsp3) is 0.208. The molecule has 2 N–H and O–H groups in total. The van der Waals surface area contributed by atoms with Gasteiger partial charge in [0.2, 0.25) is 0 Å². The number of carbonyl (C=O) groups is 3. The molecule has 1 atom stereocenters. The van der Waals surface area contributed by atoms with Gasteiger partial charge in [-0.2, -0.15) is 0 Å². The summed E-state index contributed by atoms with van der Waals surface area (Å²) >= 11 is 13.4. The van der Waals surface area contributed by atoms with Crippen molar-refractivity contribution in [2.45, 2.75) is 18.9 Å². The number of carboxylic acids is 1. The molecule has 0 aliphatic carbocycles. The van der Waals surface area contributed by atoms with E-state index in [1.54, 1.807) is 6.07 Å². The fourth-order valence-electron chi connectivity index (χ4n) is 4.06. The van der Waals surface area contributed by atoms with Crippen molar-refractivity contribution >= 4 is 58.2 Å². The van der Waals surface area contributed by atoms with Gasteiger partial charge in [-0.1, -0.05) is 53.5 Å². The van der Waals surface area contributed by atoms with Crippen LogP contribution in [0.4, 0.5) is 10.5 Å². The number of aromatic carboxylic acids is 1. The maximum atomic E-state index is 13.8. The van der Waals surface area contributed by atoms with E-state index in [4.69, 9.17) is 23.2 Å². The zero-order valence-corrected chi connectivity index (χ0v) is 20.1. The maximum absolute atomic E-state index is 13.8. The van der Waals surface area contributed by atoms with E-state index in [0.717, 1.165) is 16.9 Å². The summed E-state index contributed by atoms with van der Waals surface area (Å²) in [5.41, 5.74) is 1.18. The van der Waals surface area contributed by atoms with Gasteiger partial charge in [-0.3, -0.25) is 4.79 Å². The molecule has 1 unspecified atom stereocenters. The van der Waals surface area contributed by atoms with Crippen molar-refractivity contribution in [3.63, 3.8) is 0 Å². The number of anilines is 1. The minimum Gasteiger partial charge on any atom is -0.477 e. The van der Waals surface area contributed by atoms with Crippen LogP contribution in [0.1, 0.15) is 32.9 Å². The summed E-state index contributed by atoms with van der Waals surface area (Å²) < 4.78 is 0. The Morgan fingerprint density at radius 3 is 2.41 bits per heavy atom. The number of carboxylic acid groups (broad SMARTS) is 2. The van der Waals surface area contributed by atoms with E-state index in [1.807, 2.05) is 30.3 Å². The van der Waals surface area contributed by atoms with E-state index in [-0.39, 0.29) is 27.7 Å². The van der Waals surface area contributed by atoms with Gasteiger partial charge < -0.3 is 20.0 Å². The third-order valence-corrected chi connectivity index (χ3v) is 7.35. The number of rotatable bonds is 5. The lowest BCUT2D eigenvalue weighted by Gasteiger charge is -2.38. The van der Waals surface area contributed by atoms with E-state index in [0.29, 0.717) is 29.3 Å². The Kier molecular flexibility index (Phi) is 7.11. The van der Waals surface area contributed by atoms with Gasteiger partial charge in [0.15, 0.2) is 0 Å². The Balaban J connectivity index is 1.85. The topological polar surface area (TPSA) is 98.2 Å². The van der Waals surface area contributed by atoms with E-state index in [1.165, 1.54) is 28.0 Å². The molecule has 0 radical (unpaired) electrons. The zero-order valence-electron chi connectivity index (χ0n) is 17.8. The van der Waals surface area contributed by atoms with Gasteiger partial charge >= 0.3 is 12.1 Å². The zero-order chi connectivity index (χ0) is 24.4. The highest BCUT2D eigenvalue weighted by Crippen LogP contribution is 2.40. The molecule has 0 spiro atoms. The lowest BCUT2D eigenvalue weighted by atomic mass is 10.0. The third-order valence-electron chi connectivity index (χ3n) is 5.64. The highest BCUT2D eigenvalue weighted by molar-refractivity contribution is 7.18. The van der Waals surface area contributed by atoms with Gasteiger partial charge in [0, 0.05) is 23.0 Å². The van der Waals surface area contributed by atoms with Gasteiger partial charge in [-0.25, -0.2) is 9.59 Å². The van der Waals surface area contributed by atoms with Crippen LogP contribution in [0.2, 0.25) is 10.0 Å². The smallest absolute Gasteiger partial charge is 0.407 e. The molecule has 176 valence electrons. The molecule has 1 aromatic heterocycles. The van der Waals surface area contributed by atoms with E-state index in [9.17, 15) is 24.6 Å². The van der Waals surface area contributed by atoms with Crippen molar-refractivity contribution in [1.29, 1.82) is 0 Å². The van der Waals surface area contributed by atoms with Crippen molar-refractivity contribution in [3.8, 4) is 10.4 Å². The Bertz CT molecular complexity index is 1250. The number of hydrogen-bond donors (Lipinski definition) is 2. The fourth-order valence-corrected chi connectivity index (χ4v) is 5.54. The number of thiophene rings is 1. The molecule has 7 nitrogen and oxygen atoms in total. The summed E-state index contributed by atoms with van der Waals surface area (Å²) in [6.45, 7) is 0.405. The van der Waals surface area contributed by atoms with Crippen molar-refractivity contribution in [2.24, 2.45) is 0 Å². The number of carbonyl (C=O) groups excluding carboxylic acids is 1. The van der Waals surface area contributed by atoms with Crippen LogP contribution in [-0.2, 0) is 0 Å².